The van der Waals surface area contributed by atoms with E-state index in [4.69, 9.17) is 16.3 Å². The van der Waals surface area contributed by atoms with Gasteiger partial charge in [-0.05, 0) is 29.8 Å². The van der Waals surface area contributed by atoms with Gasteiger partial charge in [-0.15, -0.1) is 0 Å². The maximum absolute atomic E-state index is 10.4. The van der Waals surface area contributed by atoms with Gasteiger partial charge in [0.25, 0.3) is 0 Å². The van der Waals surface area contributed by atoms with Crippen LogP contribution in [0.4, 0.5) is 5.69 Å². The minimum Gasteiger partial charge on any atom is -0.497 e. The molecule has 0 saturated heterocycles. The van der Waals surface area contributed by atoms with Gasteiger partial charge in [0.15, 0.2) is 0 Å². The average molecular weight is 286 g/mol. The third kappa shape index (κ3) is 3.58. The van der Waals surface area contributed by atoms with Crippen molar-refractivity contribution in [3.63, 3.8) is 0 Å². The minimum atomic E-state index is 0.497. The van der Waals surface area contributed by atoms with E-state index in [1.165, 1.54) is 6.08 Å². The van der Waals surface area contributed by atoms with Crippen LogP contribution in [0.15, 0.2) is 47.5 Å². The number of benzene rings is 2. The van der Waals surface area contributed by atoms with Gasteiger partial charge in [0.05, 0.1) is 12.8 Å². The largest absolute Gasteiger partial charge is 0.497 e. The summed E-state index contributed by atoms with van der Waals surface area (Å²) in [4.78, 5) is 14.1. The molecule has 2 aromatic rings. The summed E-state index contributed by atoms with van der Waals surface area (Å²) >= 11 is 5.88. The standard InChI is InChI=1S/C16H12ClNO2/c1-20-15-8-3-12(4-9-15)2-5-13-6-7-14(17)10-16(13)18-11-19/h2-10H,1H3/b5-2+. The lowest BCUT2D eigenvalue weighted by Crippen LogP contribution is -1.81. The van der Waals surface area contributed by atoms with Gasteiger partial charge in [-0.3, -0.25) is 0 Å². The second kappa shape index (κ2) is 6.71. The third-order valence-electron chi connectivity index (χ3n) is 2.73. The van der Waals surface area contributed by atoms with Crippen LogP contribution in [-0.4, -0.2) is 13.2 Å². The second-order valence-electron chi connectivity index (χ2n) is 4.01. The Morgan fingerprint density at radius 2 is 1.90 bits per heavy atom. The lowest BCUT2D eigenvalue weighted by Gasteiger charge is -2.01. The van der Waals surface area contributed by atoms with Crippen LogP contribution in [0, 0.1) is 0 Å². The highest BCUT2D eigenvalue weighted by atomic mass is 35.5. The number of ether oxygens (including phenoxy) is 1. The summed E-state index contributed by atoms with van der Waals surface area (Å²) in [6.45, 7) is 0. The molecule has 4 heteroatoms. The monoisotopic (exact) mass is 285 g/mol. The molecule has 0 amide bonds. The van der Waals surface area contributed by atoms with Crippen molar-refractivity contribution in [3.05, 3.63) is 58.6 Å². The van der Waals surface area contributed by atoms with Crippen LogP contribution in [0.2, 0.25) is 5.02 Å². The summed E-state index contributed by atoms with van der Waals surface area (Å²) in [7, 11) is 1.63. The quantitative estimate of drug-likeness (QED) is 0.472. The number of methoxy groups -OCH3 is 1. The molecule has 0 heterocycles. The summed E-state index contributed by atoms with van der Waals surface area (Å²) in [5, 5.41) is 0.528. The van der Waals surface area contributed by atoms with Crippen molar-refractivity contribution in [2.45, 2.75) is 0 Å². The molecule has 0 N–H and O–H groups in total. The van der Waals surface area contributed by atoms with E-state index in [0.717, 1.165) is 16.9 Å². The Morgan fingerprint density at radius 1 is 1.15 bits per heavy atom. The molecule has 100 valence electrons. The van der Waals surface area contributed by atoms with Gasteiger partial charge in [-0.1, -0.05) is 42.0 Å². The highest BCUT2D eigenvalue weighted by Gasteiger charge is 1.99. The van der Waals surface area contributed by atoms with Crippen LogP contribution in [0.1, 0.15) is 11.1 Å². The van der Waals surface area contributed by atoms with E-state index < -0.39 is 0 Å². The zero-order valence-corrected chi connectivity index (χ0v) is 11.6. The normalized spacial score (nSPS) is 10.3. The van der Waals surface area contributed by atoms with Crippen LogP contribution < -0.4 is 4.74 Å². The summed E-state index contributed by atoms with van der Waals surface area (Å²) in [5.41, 5.74) is 2.31. The Labute approximate surface area is 122 Å². The zero-order chi connectivity index (χ0) is 14.4. The molecule has 0 spiro atoms. The van der Waals surface area contributed by atoms with Gasteiger partial charge < -0.3 is 4.74 Å². The number of halogens is 1. The molecule has 0 aliphatic heterocycles. The summed E-state index contributed by atoms with van der Waals surface area (Å²) in [6.07, 6.45) is 5.32. The van der Waals surface area contributed by atoms with Crippen molar-refractivity contribution >= 4 is 35.5 Å². The number of rotatable bonds is 4. The maximum atomic E-state index is 10.4. The first-order chi connectivity index (χ1) is 9.72. The van der Waals surface area contributed by atoms with E-state index in [1.807, 2.05) is 36.4 Å². The van der Waals surface area contributed by atoms with E-state index >= 15 is 0 Å². The number of nitrogens with zero attached hydrogens (tertiary/aromatic N) is 1. The van der Waals surface area contributed by atoms with Crippen LogP contribution >= 0.6 is 11.6 Å². The van der Waals surface area contributed by atoms with Crippen molar-refractivity contribution in [2.75, 3.05) is 7.11 Å². The van der Waals surface area contributed by atoms with Crippen LogP contribution in [0.25, 0.3) is 12.2 Å². The molecular formula is C16H12ClNO2. The number of hydrogen-bond donors (Lipinski definition) is 0. The minimum absolute atomic E-state index is 0.497. The Morgan fingerprint density at radius 3 is 2.55 bits per heavy atom. The molecule has 0 radical (unpaired) electrons. The molecule has 3 nitrogen and oxygen atoms in total. The van der Waals surface area contributed by atoms with Crippen LogP contribution in [-0.2, 0) is 4.79 Å². The number of carbonyl (C=O) groups excluding carboxylic acids is 1. The molecule has 0 unspecified atom stereocenters. The molecule has 2 aromatic carbocycles. The lowest BCUT2D eigenvalue weighted by molar-refractivity contribution is 0.415. The highest BCUT2D eigenvalue weighted by Crippen LogP contribution is 2.25. The lowest BCUT2D eigenvalue weighted by atomic mass is 10.1. The molecule has 0 aliphatic rings. The zero-order valence-electron chi connectivity index (χ0n) is 10.8. The van der Waals surface area contributed by atoms with Gasteiger partial charge in [0, 0.05) is 10.6 Å². The first-order valence-electron chi connectivity index (χ1n) is 5.92. The Kier molecular flexibility index (Phi) is 4.72. The van der Waals surface area contributed by atoms with Gasteiger partial charge in [0.2, 0.25) is 6.08 Å². The van der Waals surface area contributed by atoms with Crippen LogP contribution in [0.3, 0.4) is 0 Å². The topological polar surface area (TPSA) is 38.7 Å². The van der Waals surface area contributed by atoms with Gasteiger partial charge in [-0.2, -0.15) is 4.99 Å². The van der Waals surface area contributed by atoms with E-state index in [2.05, 4.69) is 4.99 Å². The fraction of sp³-hybridized carbons (Fsp3) is 0.0625. The van der Waals surface area contributed by atoms with Crippen LogP contribution in [0.5, 0.6) is 5.75 Å². The van der Waals surface area contributed by atoms with Gasteiger partial charge in [0.1, 0.15) is 5.75 Å². The molecule has 20 heavy (non-hydrogen) atoms. The smallest absolute Gasteiger partial charge is 0.240 e. The SMILES string of the molecule is COc1ccc(/C=C/c2ccc(Cl)cc2N=C=O)cc1. The van der Waals surface area contributed by atoms with E-state index in [9.17, 15) is 4.79 Å². The molecule has 0 aliphatic carbocycles. The van der Waals surface area contributed by atoms with E-state index in [1.54, 1.807) is 25.3 Å². The second-order valence-corrected chi connectivity index (χ2v) is 4.45. The Bertz CT molecular complexity index is 671. The molecule has 0 bridgehead atoms. The summed E-state index contributed by atoms with van der Waals surface area (Å²) in [5.74, 6) is 0.805. The number of hydrogen-bond acceptors (Lipinski definition) is 3. The molecular weight excluding hydrogens is 274 g/mol. The third-order valence-corrected chi connectivity index (χ3v) is 2.96. The Balaban J connectivity index is 2.28. The first kappa shape index (κ1) is 14.1. The predicted octanol–water partition coefficient (Wildman–Crippen LogP) is 4.49. The molecule has 0 atom stereocenters. The summed E-state index contributed by atoms with van der Waals surface area (Å²) in [6, 6.07) is 12.8. The first-order valence-corrected chi connectivity index (χ1v) is 6.30. The van der Waals surface area contributed by atoms with Crippen molar-refractivity contribution in [1.29, 1.82) is 0 Å². The maximum Gasteiger partial charge on any atom is 0.240 e. The number of aliphatic imine (C=N–C) groups is 1. The predicted molar refractivity (Wildman–Crippen MR) is 81.2 cm³/mol. The average Bonchev–Trinajstić information content (AvgIpc) is 2.47. The van der Waals surface area contributed by atoms with E-state index in [-0.39, 0.29) is 0 Å². The van der Waals surface area contributed by atoms with Gasteiger partial charge in [-0.25, -0.2) is 4.79 Å². The number of isocyanates is 1. The Hall–Kier alpha value is -2.35. The van der Waals surface area contributed by atoms with Crippen molar-refractivity contribution in [1.82, 2.24) is 0 Å². The van der Waals surface area contributed by atoms with Crippen molar-refractivity contribution in [3.8, 4) is 5.75 Å². The fourth-order valence-electron chi connectivity index (χ4n) is 1.70. The summed E-state index contributed by atoms with van der Waals surface area (Å²) < 4.78 is 5.10. The molecule has 0 aromatic heterocycles. The van der Waals surface area contributed by atoms with Crippen molar-refractivity contribution in [2.24, 2.45) is 4.99 Å². The van der Waals surface area contributed by atoms with Crippen molar-refractivity contribution < 1.29 is 9.53 Å². The van der Waals surface area contributed by atoms with E-state index in [0.29, 0.717) is 10.7 Å². The molecule has 0 saturated carbocycles. The highest BCUT2D eigenvalue weighted by molar-refractivity contribution is 6.30. The molecule has 0 fully saturated rings. The fourth-order valence-corrected chi connectivity index (χ4v) is 1.87. The van der Waals surface area contributed by atoms with Gasteiger partial charge >= 0.3 is 0 Å². The molecule has 2 rings (SSSR count).